The van der Waals surface area contributed by atoms with Gasteiger partial charge in [0.15, 0.2) is 8.32 Å². The summed E-state index contributed by atoms with van der Waals surface area (Å²) in [6.07, 6.45) is 0. The molecule has 0 fully saturated rings. The van der Waals surface area contributed by atoms with Crippen molar-refractivity contribution >= 4 is 31.3 Å². The molecular formula is C19H34ClNO3SSi. The molecule has 26 heavy (non-hydrogen) atoms. The third-order valence-electron chi connectivity index (χ3n) is 4.87. The van der Waals surface area contributed by atoms with E-state index >= 15 is 0 Å². The Bertz CT molecular complexity index is 599. The first-order valence-electron chi connectivity index (χ1n) is 8.90. The van der Waals surface area contributed by atoms with E-state index in [-0.39, 0.29) is 17.7 Å². The Morgan fingerprint density at radius 3 is 2.27 bits per heavy atom. The average molecular weight is 420 g/mol. The van der Waals surface area contributed by atoms with Gasteiger partial charge >= 0.3 is 0 Å². The Balaban J connectivity index is 3.15. The molecule has 0 heterocycles. The van der Waals surface area contributed by atoms with Gasteiger partial charge in [-0.05, 0) is 62.2 Å². The molecule has 2 unspecified atom stereocenters. The summed E-state index contributed by atoms with van der Waals surface area (Å²) >= 11 is 4.81. The van der Waals surface area contributed by atoms with E-state index in [9.17, 15) is 9.66 Å². The molecule has 7 heteroatoms. The molecule has 0 aliphatic rings. The summed E-state index contributed by atoms with van der Waals surface area (Å²) in [6, 6.07) is 5.12. The predicted octanol–water partition coefficient (Wildman–Crippen LogP) is 4.95. The summed E-state index contributed by atoms with van der Waals surface area (Å²) in [6.45, 7) is 17.0. The second kappa shape index (κ2) is 8.95. The summed E-state index contributed by atoms with van der Waals surface area (Å²) in [5.41, 5.74) is 1.59. The number of aliphatic hydroxyl groups is 1. The van der Waals surface area contributed by atoms with Crippen LogP contribution in [0.1, 0.15) is 58.7 Å². The Labute approximate surface area is 168 Å². The van der Waals surface area contributed by atoms with Crippen LogP contribution in [-0.2, 0) is 22.4 Å². The van der Waals surface area contributed by atoms with Gasteiger partial charge in [-0.1, -0.05) is 38.4 Å². The van der Waals surface area contributed by atoms with Crippen molar-refractivity contribution in [3.8, 4) is 0 Å². The van der Waals surface area contributed by atoms with Crippen molar-refractivity contribution in [2.24, 2.45) is 0 Å². The fourth-order valence-electron chi connectivity index (χ4n) is 2.05. The van der Waals surface area contributed by atoms with Crippen molar-refractivity contribution < 1.29 is 14.1 Å². The number of hydrogen-bond acceptors (Lipinski definition) is 4. The van der Waals surface area contributed by atoms with E-state index in [4.69, 9.17) is 16.0 Å². The Morgan fingerprint density at radius 2 is 1.81 bits per heavy atom. The SMILES string of the molecule is CC(C)(C)[S+]([O-])NC(CO[Si](C)(C)C(C)(C)C)c1ccc(Cl)cc1CO. The van der Waals surface area contributed by atoms with Gasteiger partial charge in [0.2, 0.25) is 0 Å². The second-order valence-corrected chi connectivity index (χ2v) is 16.4. The van der Waals surface area contributed by atoms with E-state index < -0.39 is 24.4 Å². The first-order valence-corrected chi connectivity index (χ1v) is 13.3. The number of rotatable bonds is 7. The van der Waals surface area contributed by atoms with Crippen LogP contribution in [-0.4, -0.2) is 29.3 Å². The number of hydrogen-bond donors (Lipinski definition) is 2. The number of benzene rings is 1. The van der Waals surface area contributed by atoms with Gasteiger partial charge in [-0.15, -0.1) is 4.72 Å². The van der Waals surface area contributed by atoms with Gasteiger partial charge in [-0.3, -0.25) is 0 Å². The summed E-state index contributed by atoms with van der Waals surface area (Å²) < 4.78 is 21.9. The van der Waals surface area contributed by atoms with Crippen LogP contribution in [0.5, 0.6) is 0 Å². The monoisotopic (exact) mass is 419 g/mol. The average Bonchev–Trinajstić information content (AvgIpc) is 2.49. The molecule has 0 aromatic heterocycles. The van der Waals surface area contributed by atoms with E-state index in [1.807, 2.05) is 26.8 Å². The molecule has 0 radical (unpaired) electrons. The fourth-order valence-corrected chi connectivity index (χ4v) is 4.07. The minimum atomic E-state index is -1.96. The highest BCUT2D eigenvalue weighted by Gasteiger charge is 2.39. The third-order valence-corrected chi connectivity index (χ3v) is 11.2. The number of nitrogens with one attached hydrogen (secondary N) is 1. The maximum Gasteiger partial charge on any atom is 0.192 e. The van der Waals surface area contributed by atoms with Gasteiger partial charge in [-0.25, -0.2) is 0 Å². The first-order chi connectivity index (χ1) is 11.7. The molecule has 2 atom stereocenters. The van der Waals surface area contributed by atoms with Crippen LogP contribution in [0.4, 0.5) is 0 Å². The molecule has 0 spiro atoms. The van der Waals surface area contributed by atoms with Crippen molar-refractivity contribution in [3.05, 3.63) is 34.3 Å². The topological polar surface area (TPSA) is 64.5 Å². The van der Waals surface area contributed by atoms with Crippen LogP contribution in [0.3, 0.4) is 0 Å². The van der Waals surface area contributed by atoms with Gasteiger partial charge in [-0.2, -0.15) is 0 Å². The predicted molar refractivity (Wildman–Crippen MR) is 114 cm³/mol. The molecule has 1 rings (SSSR count). The molecule has 150 valence electrons. The first kappa shape index (κ1) is 24.0. The molecule has 0 saturated heterocycles. The molecule has 0 saturated carbocycles. The number of halogens is 1. The molecule has 2 N–H and O–H groups in total. The zero-order chi connectivity index (χ0) is 20.3. The van der Waals surface area contributed by atoms with Gasteiger partial charge in [0.05, 0.1) is 19.3 Å². The van der Waals surface area contributed by atoms with Gasteiger partial charge in [0.25, 0.3) is 0 Å². The van der Waals surface area contributed by atoms with E-state index in [1.54, 1.807) is 12.1 Å². The van der Waals surface area contributed by atoms with Crippen LogP contribution >= 0.6 is 11.6 Å². The third kappa shape index (κ3) is 6.51. The van der Waals surface area contributed by atoms with Crippen molar-refractivity contribution in [2.75, 3.05) is 6.61 Å². The zero-order valence-corrected chi connectivity index (χ0v) is 19.8. The zero-order valence-electron chi connectivity index (χ0n) is 17.3. The van der Waals surface area contributed by atoms with Crippen LogP contribution in [0.25, 0.3) is 0 Å². The summed E-state index contributed by atoms with van der Waals surface area (Å²) in [5.74, 6) is 0. The highest BCUT2D eigenvalue weighted by molar-refractivity contribution is 7.90. The molecule has 1 aromatic carbocycles. The van der Waals surface area contributed by atoms with Crippen molar-refractivity contribution in [3.63, 3.8) is 0 Å². The highest BCUT2D eigenvalue weighted by atomic mass is 35.5. The van der Waals surface area contributed by atoms with E-state index in [1.165, 1.54) is 0 Å². The standard InChI is InChI=1S/C19H34ClNO3SSi/c1-18(2,3)25(23)21-17(13-24-26(7,8)19(4,5)6)16-10-9-15(20)11-14(16)12-22/h9-11,17,21-22H,12-13H2,1-8H3. The normalized spacial score (nSPS) is 15.8. The van der Waals surface area contributed by atoms with Crippen molar-refractivity contribution in [1.82, 2.24) is 4.72 Å². The van der Waals surface area contributed by atoms with Crippen molar-refractivity contribution in [2.45, 2.75) is 77.1 Å². The fraction of sp³-hybridized carbons (Fsp3) is 0.684. The van der Waals surface area contributed by atoms with E-state index in [0.717, 1.165) is 11.1 Å². The quantitative estimate of drug-likeness (QED) is 0.484. The lowest BCUT2D eigenvalue weighted by molar-refractivity contribution is 0.250. The van der Waals surface area contributed by atoms with E-state index in [2.05, 4.69) is 38.6 Å². The molecule has 0 amide bonds. The molecule has 0 aliphatic carbocycles. The Hall–Kier alpha value is -0.0831. The van der Waals surface area contributed by atoms with Crippen LogP contribution < -0.4 is 4.72 Å². The highest BCUT2D eigenvalue weighted by Crippen LogP contribution is 2.37. The second-order valence-electron chi connectivity index (χ2n) is 9.12. The van der Waals surface area contributed by atoms with Crippen LogP contribution in [0.2, 0.25) is 23.2 Å². The summed E-state index contributed by atoms with van der Waals surface area (Å²) in [7, 11) is -1.96. The van der Waals surface area contributed by atoms with Crippen LogP contribution in [0.15, 0.2) is 18.2 Å². The lowest BCUT2D eigenvalue weighted by Gasteiger charge is -2.38. The van der Waals surface area contributed by atoms with Crippen LogP contribution in [0, 0.1) is 0 Å². The Morgan fingerprint density at radius 1 is 1.23 bits per heavy atom. The molecular weight excluding hydrogens is 386 g/mol. The smallest absolute Gasteiger partial charge is 0.192 e. The maximum absolute atomic E-state index is 12.7. The molecule has 4 nitrogen and oxygen atoms in total. The van der Waals surface area contributed by atoms with Gasteiger partial charge in [0, 0.05) is 16.4 Å². The largest absolute Gasteiger partial charge is 0.598 e. The molecule has 0 aliphatic heterocycles. The maximum atomic E-state index is 12.7. The summed E-state index contributed by atoms with van der Waals surface area (Å²) in [5, 5.41) is 10.4. The summed E-state index contributed by atoms with van der Waals surface area (Å²) in [4.78, 5) is 0. The van der Waals surface area contributed by atoms with Gasteiger partial charge < -0.3 is 14.1 Å². The number of aliphatic hydroxyl groups excluding tert-OH is 1. The minimum absolute atomic E-state index is 0.0839. The lowest BCUT2D eigenvalue weighted by atomic mass is 10.0. The molecule has 0 bridgehead atoms. The van der Waals surface area contributed by atoms with Gasteiger partial charge in [0.1, 0.15) is 4.75 Å². The lowest BCUT2D eigenvalue weighted by Crippen LogP contribution is -2.46. The Kier molecular flexibility index (Phi) is 8.24. The minimum Gasteiger partial charge on any atom is -0.598 e. The van der Waals surface area contributed by atoms with Crippen molar-refractivity contribution in [1.29, 1.82) is 0 Å². The molecule has 1 aromatic rings. The van der Waals surface area contributed by atoms with E-state index in [0.29, 0.717) is 11.6 Å².